The molecule has 1 nitrogen and oxygen atoms in total. The number of hydrogen-bond donors (Lipinski definition) is 0. The van der Waals surface area contributed by atoms with Crippen LogP contribution in [0.15, 0.2) is 47.7 Å². The van der Waals surface area contributed by atoms with Gasteiger partial charge in [-0.25, -0.2) is 0 Å². The molecule has 2 aliphatic rings. The van der Waals surface area contributed by atoms with Gasteiger partial charge in [-0.3, -0.25) is 0 Å². The number of ether oxygens (including phenoxy) is 1. The molecule has 0 bridgehead atoms. The van der Waals surface area contributed by atoms with Crippen LogP contribution < -0.4 is 4.74 Å². The summed E-state index contributed by atoms with van der Waals surface area (Å²) in [5.74, 6) is 1.95. The maximum atomic E-state index is 5.90. The summed E-state index contributed by atoms with van der Waals surface area (Å²) in [5, 5.41) is 0. The third-order valence-electron chi connectivity index (χ3n) is 2.94. The lowest BCUT2D eigenvalue weighted by atomic mass is 9.93. The molecule has 0 unspecified atom stereocenters. The molecule has 1 heterocycles. The topological polar surface area (TPSA) is 9.23 Å². The summed E-state index contributed by atoms with van der Waals surface area (Å²) in [4.78, 5) is 0. The zero-order valence-electron chi connectivity index (χ0n) is 8.54. The highest BCUT2D eigenvalue weighted by Gasteiger charge is 2.35. The molecule has 0 radical (unpaired) electrons. The van der Waals surface area contributed by atoms with Gasteiger partial charge in [-0.1, -0.05) is 56.1 Å². The van der Waals surface area contributed by atoms with Crippen molar-refractivity contribution in [3.05, 3.63) is 53.3 Å². The Morgan fingerprint density at radius 1 is 1.19 bits per heavy atom. The molecule has 0 amide bonds. The lowest BCUT2D eigenvalue weighted by Gasteiger charge is -2.32. The molecule has 3 heteroatoms. The van der Waals surface area contributed by atoms with Crippen molar-refractivity contribution in [2.24, 2.45) is 0 Å². The van der Waals surface area contributed by atoms with E-state index in [2.05, 4.69) is 56.1 Å². The van der Waals surface area contributed by atoms with Crippen molar-refractivity contribution in [1.29, 1.82) is 0 Å². The molecule has 16 heavy (non-hydrogen) atoms. The standard InChI is InChI=1S/C13H10Br2O/c14-13(15)7-3-6-12-10(13)8-9-4-1-2-5-11(9)16-12/h1-6H,7-8H2. The van der Waals surface area contributed by atoms with Crippen LogP contribution in [-0.2, 0) is 6.42 Å². The average molecular weight is 342 g/mol. The first-order valence-electron chi connectivity index (χ1n) is 5.20. The fraction of sp³-hybridized carbons (Fsp3) is 0.231. The molecule has 1 aromatic carbocycles. The minimum absolute atomic E-state index is 0.141. The largest absolute Gasteiger partial charge is 0.457 e. The number of allylic oxidation sites excluding steroid dienone is 3. The van der Waals surface area contributed by atoms with Gasteiger partial charge < -0.3 is 4.74 Å². The van der Waals surface area contributed by atoms with Crippen LogP contribution in [0.4, 0.5) is 0 Å². The normalized spacial score (nSPS) is 21.1. The molecular weight excluding hydrogens is 332 g/mol. The number of halogens is 2. The van der Waals surface area contributed by atoms with E-state index in [1.165, 1.54) is 11.1 Å². The second-order valence-corrected chi connectivity index (χ2v) is 7.81. The van der Waals surface area contributed by atoms with Gasteiger partial charge in [-0.2, -0.15) is 0 Å². The van der Waals surface area contributed by atoms with Crippen LogP contribution in [0.25, 0.3) is 0 Å². The first kappa shape index (κ1) is 10.6. The molecule has 0 atom stereocenters. The Morgan fingerprint density at radius 3 is 2.88 bits per heavy atom. The summed E-state index contributed by atoms with van der Waals surface area (Å²) >= 11 is 7.43. The highest BCUT2D eigenvalue weighted by molar-refractivity contribution is 9.25. The maximum absolute atomic E-state index is 5.90. The van der Waals surface area contributed by atoms with Crippen LogP contribution in [0.2, 0.25) is 0 Å². The fourth-order valence-electron chi connectivity index (χ4n) is 2.09. The second-order valence-electron chi connectivity index (χ2n) is 4.04. The van der Waals surface area contributed by atoms with E-state index in [9.17, 15) is 0 Å². The Balaban J connectivity index is 2.08. The molecule has 1 aliphatic carbocycles. The number of alkyl halides is 2. The monoisotopic (exact) mass is 340 g/mol. The summed E-state index contributed by atoms with van der Waals surface area (Å²) in [6.07, 6.45) is 6.06. The maximum Gasteiger partial charge on any atom is 0.130 e. The van der Waals surface area contributed by atoms with Crippen LogP contribution in [0.5, 0.6) is 5.75 Å². The van der Waals surface area contributed by atoms with Crippen LogP contribution in [-0.4, -0.2) is 3.23 Å². The zero-order valence-corrected chi connectivity index (χ0v) is 11.7. The first-order chi connectivity index (χ1) is 7.67. The van der Waals surface area contributed by atoms with Crippen molar-refractivity contribution < 1.29 is 4.74 Å². The van der Waals surface area contributed by atoms with E-state index in [4.69, 9.17) is 4.74 Å². The minimum atomic E-state index is -0.141. The van der Waals surface area contributed by atoms with Crippen molar-refractivity contribution in [2.75, 3.05) is 0 Å². The quantitative estimate of drug-likeness (QED) is 0.638. The van der Waals surface area contributed by atoms with E-state index in [0.29, 0.717) is 0 Å². The van der Waals surface area contributed by atoms with E-state index in [-0.39, 0.29) is 3.23 Å². The highest BCUT2D eigenvalue weighted by Crippen LogP contribution is 2.47. The van der Waals surface area contributed by atoms with E-state index in [0.717, 1.165) is 24.4 Å². The SMILES string of the molecule is BrC1(Br)CC=CC2=C1Cc1ccccc1O2. The molecule has 0 N–H and O–H groups in total. The molecule has 82 valence electrons. The summed E-state index contributed by atoms with van der Waals surface area (Å²) in [6.45, 7) is 0. The molecule has 0 fully saturated rings. The van der Waals surface area contributed by atoms with E-state index in [1.807, 2.05) is 12.1 Å². The Morgan fingerprint density at radius 2 is 2.00 bits per heavy atom. The van der Waals surface area contributed by atoms with Crippen LogP contribution in [0.1, 0.15) is 12.0 Å². The van der Waals surface area contributed by atoms with Crippen LogP contribution in [0.3, 0.4) is 0 Å². The number of rotatable bonds is 0. The van der Waals surface area contributed by atoms with E-state index in [1.54, 1.807) is 0 Å². The molecule has 0 saturated heterocycles. The average Bonchev–Trinajstić information content (AvgIpc) is 2.27. The molecule has 3 rings (SSSR count). The van der Waals surface area contributed by atoms with Gasteiger partial charge in [0.15, 0.2) is 0 Å². The Kier molecular flexibility index (Phi) is 2.48. The van der Waals surface area contributed by atoms with Gasteiger partial charge in [-0.15, -0.1) is 0 Å². The number of fused-ring (bicyclic) bond motifs is 1. The molecule has 0 saturated carbocycles. The Bertz CT molecular complexity index is 500. The molecule has 1 aromatic rings. The highest BCUT2D eigenvalue weighted by atomic mass is 79.9. The third kappa shape index (κ3) is 1.66. The lowest BCUT2D eigenvalue weighted by Crippen LogP contribution is -2.25. The van der Waals surface area contributed by atoms with Gasteiger partial charge in [0, 0.05) is 12.0 Å². The van der Waals surface area contributed by atoms with Gasteiger partial charge in [0.05, 0.1) is 0 Å². The minimum Gasteiger partial charge on any atom is -0.457 e. The Hall–Kier alpha value is -0.540. The van der Waals surface area contributed by atoms with Crippen molar-refractivity contribution in [2.45, 2.75) is 16.1 Å². The first-order valence-corrected chi connectivity index (χ1v) is 6.79. The van der Waals surface area contributed by atoms with Crippen molar-refractivity contribution in [3.63, 3.8) is 0 Å². The van der Waals surface area contributed by atoms with Crippen molar-refractivity contribution in [3.8, 4) is 5.75 Å². The summed E-state index contributed by atoms with van der Waals surface area (Å²) < 4.78 is 5.76. The van der Waals surface area contributed by atoms with Crippen molar-refractivity contribution in [1.82, 2.24) is 0 Å². The molecule has 1 aliphatic heterocycles. The smallest absolute Gasteiger partial charge is 0.130 e. The van der Waals surface area contributed by atoms with E-state index < -0.39 is 0 Å². The van der Waals surface area contributed by atoms with Gasteiger partial charge in [-0.05, 0) is 24.1 Å². The third-order valence-corrected chi connectivity index (χ3v) is 4.55. The van der Waals surface area contributed by atoms with Gasteiger partial charge >= 0.3 is 0 Å². The second kappa shape index (κ2) is 3.74. The summed E-state index contributed by atoms with van der Waals surface area (Å²) in [7, 11) is 0. The molecule has 0 spiro atoms. The Labute approximate surface area is 111 Å². The lowest BCUT2D eigenvalue weighted by molar-refractivity contribution is 0.412. The van der Waals surface area contributed by atoms with E-state index >= 15 is 0 Å². The predicted octanol–water partition coefficient (Wildman–Crippen LogP) is 4.32. The molecule has 0 aromatic heterocycles. The van der Waals surface area contributed by atoms with Crippen molar-refractivity contribution >= 4 is 31.9 Å². The van der Waals surface area contributed by atoms with Gasteiger partial charge in [0.25, 0.3) is 0 Å². The predicted molar refractivity (Wildman–Crippen MR) is 72.1 cm³/mol. The summed E-state index contributed by atoms with van der Waals surface area (Å²) in [5.41, 5.74) is 2.52. The van der Waals surface area contributed by atoms with Crippen LogP contribution >= 0.6 is 31.9 Å². The molecular formula is C13H10Br2O. The number of benzene rings is 1. The van der Waals surface area contributed by atoms with Gasteiger partial charge in [0.1, 0.15) is 14.7 Å². The number of para-hydroxylation sites is 1. The number of hydrogen-bond acceptors (Lipinski definition) is 1. The van der Waals surface area contributed by atoms with Gasteiger partial charge in [0.2, 0.25) is 0 Å². The summed E-state index contributed by atoms with van der Waals surface area (Å²) in [6, 6.07) is 8.20. The van der Waals surface area contributed by atoms with Crippen LogP contribution in [0, 0.1) is 0 Å². The fourth-order valence-corrected chi connectivity index (χ4v) is 3.13. The zero-order chi connectivity index (χ0) is 11.2.